The number of hydrogen-bond donors (Lipinski definition) is 2. The van der Waals surface area contributed by atoms with Gasteiger partial charge in [-0.15, -0.1) is 0 Å². The summed E-state index contributed by atoms with van der Waals surface area (Å²) >= 11 is 0. The third-order valence-electron chi connectivity index (χ3n) is 2.14. The molecular weight excluding hydrogens is 268 g/mol. The molecular formula is C12H23N2O6. The summed E-state index contributed by atoms with van der Waals surface area (Å²) in [4.78, 5) is 23.2. The largest absolute Gasteiger partial charge is 0.330 e. The number of carbonyl (C=O) groups excluding carboxylic acids is 2. The third-order valence-corrected chi connectivity index (χ3v) is 2.14. The summed E-state index contributed by atoms with van der Waals surface area (Å²) in [6, 6.07) is 0. The van der Waals surface area contributed by atoms with Crippen LogP contribution in [0.2, 0.25) is 0 Å². The zero-order valence-electron chi connectivity index (χ0n) is 12.4. The van der Waals surface area contributed by atoms with Crippen LogP contribution in [0.5, 0.6) is 0 Å². The van der Waals surface area contributed by atoms with Gasteiger partial charge < -0.3 is 18.9 Å². The van der Waals surface area contributed by atoms with Gasteiger partial charge in [0.05, 0.1) is 0 Å². The van der Waals surface area contributed by atoms with Crippen LogP contribution in [0.3, 0.4) is 0 Å². The van der Waals surface area contributed by atoms with Crippen molar-refractivity contribution in [2.45, 2.75) is 39.5 Å². The maximum absolute atomic E-state index is 12.1. The maximum atomic E-state index is 12.1. The molecule has 117 valence electrons. The van der Waals surface area contributed by atoms with Gasteiger partial charge in [0.2, 0.25) is 0 Å². The fraction of sp³-hybridized carbons (Fsp3) is 0.833. The van der Waals surface area contributed by atoms with E-state index in [0.29, 0.717) is 0 Å². The van der Waals surface area contributed by atoms with Crippen LogP contribution in [-0.4, -0.2) is 50.4 Å². The molecule has 0 aromatic heterocycles. The smallest absolute Gasteiger partial charge is 0.323 e. The van der Waals surface area contributed by atoms with E-state index in [-0.39, 0.29) is 26.4 Å². The molecule has 3 N–H and O–H groups in total. The Morgan fingerprint density at radius 2 is 1.40 bits per heavy atom. The van der Waals surface area contributed by atoms with Gasteiger partial charge in [-0.25, -0.2) is 0 Å². The fourth-order valence-corrected chi connectivity index (χ4v) is 1.44. The van der Waals surface area contributed by atoms with Crippen LogP contribution in [0.4, 0.5) is 0 Å². The first-order chi connectivity index (χ1) is 9.43. The van der Waals surface area contributed by atoms with E-state index in [4.69, 9.17) is 24.7 Å². The lowest BCUT2D eigenvalue weighted by molar-refractivity contribution is -0.245. The summed E-state index contributed by atoms with van der Waals surface area (Å²) in [6.45, 7) is 7.11. The Morgan fingerprint density at radius 3 is 1.70 bits per heavy atom. The number of carbonyl (C=O) groups is 1. The number of ether oxygens (including phenoxy) is 4. The van der Waals surface area contributed by atoms with Crippen LogP contribution in [0, 0.1) is 0 Å². The highest BCUT2D eigenvalue weighted by molar-refractivity contribution is 5.86. The number of rotatable bonds is 11. The lowest BCUT2D eigenvalue weighted by atomic mass is 10.4. The molecule has 0 aliphatic heterocycles. The quantitative estimate of drug-likeness (QED) is 0.500. The summed E-state index contributed by atoms with van der Waals surface area (Å²) in [6.07, 6.45) is 1.51. The Labute approximate surface area is 118 Å². The van der Waals surface area contributed by atoms with Crippen LogP contribution in [0.25, 0.3) is 0 Å². The summed E-state index contributed by atoms with van der Waals surface area (Å²) in [7, 11) is 0. The van der Waals surface area contributed by atoms with Crippen molar-refractivity contribution in [3.8, 4) is 0 Å². The van der Waals surface area contributed by atoms with Crippen LogP contribution in [-0.2, 0) is 28.5 Å². The molecule has 0 aliphatic rings. The number of nitrogens with one attached hydrogen (secondary N) is 1. The maximum Gasteiger partial charge on any atom is 0.323 e. The first-order valence-electron chi connectivity index (χ1n) is 6.50. The minimum absolute atomic E-state index is 0.121. The van der Waals surface area contributed by atoms with E-state index < -0.39 is 17.7 Å². The lowest BCUT2D eigenvalue weighted by Gasteiger charge is -2.32. The predicted molar refractivity (Wildman–Crippen MR) is 70.0 cm³/mol. The number of nitrogens with two attached hydrogens (primary N) is 1. The van der Waals surface area contributed by atoms with Gasteiger partial charge in [0.25, 0.3) is 6.29 Å². The second-order valence-corrected chi connectivity index (χ2v) is 3.57. The molecule has 0 unspecified atom stereocenters. The molecule has 1 amide bonds. The van der Waals surface area contributed by atoms with Gasteiger partial charge in [-0.2, -0.15) is 0 Å². The van der Waals surface area contributed by atoms with Crippen molar-refractivity contribution in [2.75, 3.05) is 26.4 Å². The molecule has 1 radical (unpaired) electrons. The van der Waals surface area contributed by atoms with Gasteiger partial charge in [0, 0.05) is 26.4 Å². The normalized spacial score (nSPS) is 12.2. The topological polar surface area (TPSA) is 109 Å². The van der Waals surface area contributed by atoms with Crippen LogP contribution >= 0.6 is 0 Å². The first kappa shape index (κ1) is 18.9. The fourth-order valence-electron chi connectivity index (χ4n) is 1.44. The molecule has 0 aromatic rings. The van der Waals surface area contributed by atoms with Crippen LogP contribution in [0.15, 0.2) is 0 Å². The standard InChI is InChI=1S/C12H23N2O6/c1-5-17-11(9-15,18-6-2)14-10(16)12(13,19-7-3)20-8-4/h5-8,13H2,1-4H3,(H,14,16). The molecule has 20 heavy (non-hydrogen) atoms. The monoisotopic (exact) mass is 291 g/mol. The second-order valence-electron chi connectivity index (χ2n) is 3.57. The molecule has 0 heterocycles. The van der Waals surface area contributed by atoms with E-state index >= 15 is 0 Å². The molecule has 0 aliphatic carbocycles. The molecule has 8 nitrogen and oxygen atoms in total. The SMILES string of the molecule is CCOC([C]=O)(NC(=O)C(N)(OCC)OCC)OCC. The highest BCUT2D eigenvalue weighted by Gasteiger charge is 2.44. The number of hydrogen-bond acceptors (Lipinski definition) is 7. The van der Waals surface area contributed by atoms with E-state index in [2.05, 4.69) is 5.32 Å². The molecule has 0 bridgehead atoms. The first-order valence-corrected chi connectivity index (χ1v) is 6.50. The minimum Gasteiger partial charge on any atom is -0.330 e. The van der Waals surface area contributed by atoms with Crippen molar-refractivity contribution < 1.29 is 28.5 Å². The highest BCUT2D eigenvalue weighted by atomic mass is 16.7. The average molecular weight is 291 g/mol. The van der Waals surface area contributed by atoms with Gasteiger partial charge in [0.15, 0.2) is 0 Å². The Hall–Kier alpha value is -1.06. The number of amides is 1. The summed E-state index contributed by atoms with van der Waals surface area (Å²) < 4.78 is 20.4. The summed E-state index contributed by atoms with van der Waals surface area (Å²) in [5.41, 5.74) is 5.72. The lowest BCUT2D eigenvalue weighted by Crippen LogP contribution is -2.65. The molecule has 0 saturated heterocycles. The van der Waals surface area contributed by atoms with Crippen molar-refractivity contribution in [1.82, 2.24) is 5.32 Å². The molecule has 0 aromatic carbocycles. The van der Waals surface area contributed by atoms with Gasteiger partial charge in [-0.3, -0.25) is 20.6 Å². The third kappa shape index (κ3) is 5.14. The van der Waals surface area contributed by atoms with Crippen LogP contribution in [0.1, 0.15) is 27.7 Å². The highest BCUT2D eigenvalue weighted by Crippen LogP contribution is 2.12. The van der Waals surface area contributed by atoms with Crippen molar-refractivity contribution in [1.29, 1.82) is 0 Å². The Balaban J connectivity index is 5.08. The predicted octanol–water partition coefficient (Wildman–Crippen LogP) is -0.375. The van der Waals surface area contributed by atoms with E-state index in [9.17, 15) is 9.59 Å². The Kier molecular flexibility index (Phi) is 8.51. The minimum atomic E-state index is -2.03. The van der Waals surface area contributed by atoms with Crippen molar-refractivity contribution in [3.63, 3.8) is 0 Å². The van der Waals surface area contributed by atoms with Crippen molar-refractivity contribution in [2.24, 2.45) is 5.73 Å². The van der Waals surface area contributed by atoms with Gasteiger partial charge in [-0.1, -0.05) is 0 Å². The molecule has 0 saturated carbocycles. The van der Waals surface area contributed by atoms with E-state index in [1.165, 1.54) is 6.29 Å². The van der Waals surface area contributed by atoms with Gasteiger partial charge >= 0.3 is 17.7 Å². The van der Waals surface area contributed by atoms with E-state index in [1.54, 1.807) is 27.7 Å². The van der Waals surface area contributed by atoms with Crippen LogP contribution < -0.4 is 11.1 Å². The zero-order chi connectivity index (χ0) is 15.6. The van der Waals surface area contributed by atoms with Gasteiger partial charge in [-0.05, 0) is 27.7 Å². The molecule has 0 rings (SSSR count). The molecule has 0 atom stereocenters. The van der Waals surface area contributed by atoms with Crippen molar-refractivity contribution in [3.05, 3.63) is 0 Å². The summed E-state index contributed by atoms with van der Waals surface area (Å²) in [5.74, 6) is -4.95. The Morgan fingerprint density at radius 1 is 1.00 bits per heavy atom. The summed E-state index contributed by atoms with van der Waals surface area (Å²) in [5, 5.41) is 2.21. The Bertz CT molecular complexity index is 298. The van der Waals surface area contributed by atoms with Gasteiger partial charge in [0.1, 0.15) is 0 Å². The average Bonchev–Trinajstić information content (AvgIpc) is 2.39. The molecule has 0 spiro atoms. The van der Waals surface area contributed by atoms with E-state index in [1.807, 2.05) is 0 Å². The second kappa shape index (κ2) is 8.98. The molecule has 0 fully saturated rings. The van der Waals surface area contributed by atoms with E-state index in [0.717, 1.165) is 0 Å². The molecule has 8 heteroatoms. The van der Waals surface area contributed by atoms with Crippen molar-refractivity contribution >= 4 is 12.2 Å². The zero-order valence-corrected chi connectivity index (χ0v) is 12.4.